The molecule has 0 unspecified atom stereocenters. The van der Waals surface area contributed by atoms with Gasteiger partial charge in [-0.25, -0.2) is 9.97 Å². The third kappa shape index (κ3) is 4.22. The van der Waals surface area contributed by atoms with Gasteiger partial charge in [0.1, 0.15) is 0 Å². The molecule has 0 fully saturated rings. The highest BCUT2D eigenvalue weighted by atomic mass is 16.1. The zero-order chi connectivity index (χ0) is 18.4. The number of nitriles is 1. The zero-order valence-electron chi connectivity index (χ0n) is 14.2. The van der Waals surface area contributed by atoms with Gasteiger partial charge in [-0.2, -0.15) is 5.26 Å². The summed E-state index contributed by atoms with van der Waals surface area (Å²) in [6.07, 6.45) is 3.87. The van der Waals surface area contributed by atoms with Crippen molar-refractivity contribution in [2.45, 2.75) is 13.3 Å². The second-order valence-electron chi connectivity index (χ2n) is 5.62. The van der Waals surface area contributed by atoms with Gasteiger partial charge in [-0.3, -0.25) is 4.79 Å². The first kappa shape index (κ1) is 17.1. The van der Waals surface area contributed by atoms with Gasteiger partial charge in [0.2, 0.25) is 5.95 Å². The average Bonchev–Trinajstić information content (AvgIpc) is 2.69. The molecule has 26 heavy (non-hydrogen) atoms. The molecule has 0 aliphatic carbocycles. The number of aryl methyl sites for hydroxylation is 1. The van der Waals surface area contributed by atoms with Crippen LogP contribution in [0, 0.1) is 11.3 Å². The maximum Gasteiger partial charge on any atom is 0.258 e. The molecule has 128 valence electrons. The van der Waals surface area contributed by atoms with Crippen LogP contribution in [0.25, 0.3) is 0 Å². The van der Waals surface area contributed by atoms with Gasteiger partial charge in [-0.15, -0.1) is 0 Å². The number of hydrogen-bond acceptors (Lipinski definition) is 5. The van der Waals surface area contributed by atoms with E-state index in [1.165, 1.54) is 18.0 Å². The van der Waals surface area contributed by atoms with Gasteiger partial charge >= 0.3 is 0 Å². The number of benzene rings is 2. The Morgan fingerprint density at radius 2 is 1.81 bits per heavy atom. The lowest BCUT2D eigenvalue weighted by Gasteiger charge is -2.07. The summed E-state index contributed by atoms with van der Waals surface area (Å²) in [6.45, 7) is 2.08. The summed E-state index contributed by atoms with van der Waals surface area (Å²) < 4.78 is 0. The quantitative estimate of drug-likeness (QED) is 0.733. The molecule has 1 aromatic heterocycles. The molecule has 6 nitrogen and oxygen atoms in total. The van der Waals surface area contributed by atoms with Gasteiger partial charge in [-0.1, -0.05) is 25.1 Å². The highest BCUT2D eigenvalue weighted by Crippen LogP contribution is 2.15. The number of nitrogens with zero attached hydrogens (tertiary/aromatic N) is 3. The van der Waals surface area contributed by atoms with Crippen molar-refractivity contribution < 1.29 is 4.79 Å². The fourth-order valence-corrected chi connectivity index (χ4v) is 2.33. The molecule has 0 aliphatic heterocycles. The Labute approximate surface area is 151 Å². The van der Waals surface area contributed by atoms with Gasteiger partial charge in [0.05, 0.1) is 17.2 Å². The van der Waals surface area contributed by atoms with Crippen LogP contribution in [0.3, 0.4) is 0 Å². The SMILES string of the molecule is CCc1ccc(NC(=O)c2cnc(Nc3cccc(C#N)c3)nc2)cc1. The van der Waals surface area contributed by atoms with E-state index in [-0.39, 0.29) is 5.91 Å². The predicted molar refractivity (Wildman–Crippen MR) is 100 cm³/mol. The number of nitrogens with one attached hydrogen (secondary N) is 2. The van der Waals surface area contributed by atoms with Crippen LogP contribution in [0.15, 0.2) is 60.9 Å². The van der Waals surface area contributed by atoms with E-state index in [2.05, 4.69) is 33.6 Å². The van der Waals surface area contributed by atoms with Crippen LogP contribution >= 0.6 is 0 Å². The topological polar surface area (TPSA) is 90.7 Å². The molecular weight excluding hydrogens is 326 g/mol. The second-order valence-corrected chi connectivity index (χ2v) is 5.62. The summed E-state index contributed by atoms with van der Waals surface area (Å²) in [7, 11) is 0. The molecule has 0 spiro atoms. The first-order valence-corrected chi connectivity index (χ1v) is 8.17. The number of carbonyl (C=O) groups excluding carboxylic acids is 1. The first-order valence-electron chi connectivity index (χ1n) is 8.17. The minimum atomic E-state index is -0.271. The molecule has 0 saturated heterocycles. The van der Waals surface area contributed by atoms with E-state index in [0.717, 1.165) is 12.1 Å². The lowest BCUT2D eigenvalue weighted by molar-refractivity contribution is 0.102. The van der Waals surface area contributed by atoms with Crippen molar-refractivity contribution in [3.05, 3.63) is 77.6 Å². The first-order chi connectivity index (χ1) is 12.7. The number of anilines is 3. The maximum atomic E-state index is 12.3. The Balaban J connectivity index is 1.66. The Hall–Kier alpha value is -3.72. The molecule has 0 atom stereocenters. The number of carbonyl (C=O) groups is 1. The Morgan fingerprint density at radius 1 is 1.08 bits per heavy atom. The lowest BCUT2D eigenvalue weighted by Crippen LogP contribution is -2.13. The lowest BCUT2D eigenvalue weighted by atomic mass is 10.1. The smallest absolute Gasteiger partial charge is 0.258 e. The third-order valence-corrected chi connectivity index (χ3v) is 3.78. The summed E-state index contributed by atoms with van der Waals surface area (Å²) in [5.41, 5.74) is 3.54. The van der Waals surface area contributed by atoms with Crippen LogP contribution in [-0.4, -0.2) is 15.9 Å². The molecule has 2 N–H and O–H groups in total. The molecule has 0 radical (unpaired) electrons. The highest BCUT2D eigenvalue weighted by Gasteiger charge is 2.08. The molecule has 3 aromatic rings. The van der Waals surface area contributed by atoms with Gasteiger partial charge in [-0.05, 0) is 42.3 Å². The normalized spacial score (nSPS) is 10.0. The molecule has 2 aromatic carbocycles. The summed E-state index contributed by atoms with van der Waals surface area (Å²) >= 11 is 0. The molecular formula is C20H17N5O. The minimum absolute atomic E-state index is 0.271. The van der Waals surface area contributed by atoms with E-state index in [0.29, 0.717) is 22.8 Å². The van der Waals surface area contributed by atoms with Crippen LogP contribution in [-0.2, 0) is 6.42 Å². The number of amides is 1. The minimum Gasteiger partial charge on any atom is -0.324 e. The fraction of sp³-hybridized carbons (Fsp3) is 0.100. The standard InChI is InChI=1S/C20H17N5O/c1-2-14-6-8-17(9-7-14)24-19(26)16-12-22-20(23-13-16)25-18-5-3-4-15(10-18)11-21/h3-10,12-13H,2H2,1H3,(H,24,26)(H,22,23,25). The molecule has 1 heterocycles. The van der Waals surface area contributed by atoms with Gasteiger partial charge < -0.3 is 10.6 Å². The summed E-state index contributed by atoms with van der Waals surface area (Å²) in [5.74, 6) is 0.0798. The molecule has 6 heteroatoms. The molecule has 3 rings (SSSR count). The van der Waals surface area contributed by atoms with Crippen molar-refractivity contribution in [3.8, 4) is 6.07 Å². The molecule has 0 aliphatic rings. The Bertz CT molecular complexity index is 943. The second kappa shape index (κ2) is 7.90. The summed E-state index contributed by atoms with van der Waals surface area (Å²) in [5, 5.41) is 14.7. The van der Waals surface area contributed by atoms with Crippen molar-refractivity contribution in [1.82, 2.24) is 9.97 Å². The average molecular weight is 343 g/mol. The van der Waals surface area contributed by atoms with Crippen molar-refractivity contribution >= 4 is 23.2 Å². The van der Waals surface area contributed by atoms with E-state index in [9.17, 15) is 4.79 Å². The van der Waals surface area contributed by atoms with Gasteiger partial charge in [0.15, 0.2) is 0 Å². The Morgan fingerprint density at radius 3 is 2.46 bits per heavy atom. The third-order valence-electron chi connectivity index (χ3n) is 3.78. The molecule has 1 amide bonds. The summed E-state index contributed by atoms with van der Waals surface area (Å²) in [4.78, 5) is 20.6. The van der Waals surface area contributed by atoms with Gasteiger partial charge in [0.25, 0.3) is 5.91 Å². The van der Waals surface area contributed by atoms with Crippen LogP contribution < -0.4 is 10.6 Å². The Kier molecular flexibility index (Phi) is 5.20. The zero-order valence-corrected chi connectivity index (χ0v) is 14.2. The van der Waals surface area contributed by atoms with Crippen molar-refractivity contribution in [2.24, 2.45) is 0 Å². The van der Waals surface area contributed by atoms with Crippen molar-refractivity contribution in [3.63, 3.8) is 0 Å². The monoisotopic (exact) mass is 343 g/mol. The van der Waals surface area contributed by atoms with Crippen LogP contribution in [0.1, 0.15) is 28.4 Å². The maximum absolute atomic E-state index is 12.3. The van der Waals surface area contributed by atoms with Gasteiger partial charge in [0, 0.05) is 23.8 Å². The van der Waals surface area contributed by atoms with E-state index >= 15 is 0 Å². The van der Waals surface area contributed by atoms with E-state index < -0.39 is 0 Å². The van der Waals surface area contributed by atoms with E-state index in [1.54, 1.807) is 18.2 Å². The number of aromatic nitrogens is 2. The van der Waals surface area contributed by atoms with Crippen LogP contribution in [0.5, 0.6) is 0 Å². The number of rotatable bonds is 5. The van der Waals surface area contributed by atoms with Crippen LogP contribution in [0.4, 0.5) is 17.3 Å². The summed E-state index contributed by atoms with van der Waals surface area (Å²) in [6, 6.07) is 16.8. The predicted octanol–water partition coefficient (Wildman–Crippen LogP) is 3.91. The van der Waals surface area contributed by atoms with Crippen molar-refractivity contribution in [1.29, 1.82) is 5.26 Å². The fourth-order valence-electron chi connectivity index (χ4n) is 2.33. The van der Waals surface area contributed by atoms with E-state index in [4.69, 9.17) is 5.26 Å². The van der Waals surface area contributed by atoms with Crippen LogP contribution in [0.2, 0.25) is 0 Å². The molecule has 0 saturated carbocycles. The largest absolute Gasteiger partial charge is 0.324 e. The number of hydrogen-bond donors (Lipinski definition) is 2. The van der Waals surface area contributed by atoms with Crippen molar-refractivity contribution in [2.75, 3.05) is 10.6 Å². The molecule has 0 bridgehead atoms. The van der Waals surface area contributed by atoms with E-state index in [1.807, 2.05) is 30.3 Å². The highest BCUT2D eigenvalue weighted by molar-refractivity contribution is 6.03.